The van der Waals surface area contributed by atoms with Gasteiger partial charge in [0, 0.05) is 6.92 Å². The molecule has 1 amide bonds. The van der Waals surface area contributed by atoms with Crippen molar-refractivity contribution in [1.82, 2.24) is 5.32 Å². The van der Waals surface area contributed by atoms with E-state index in [2.05, 4.69) is 10.1 Å². The maximum Gasteiger partial charge on any atom is 0.407 e. The molecule has 27 heavy (non-hydrogen) atoms. The Morgan fingerprint density at radius 3 is 2.26 bits per heavy atom. The number of ether oxygens (including phenoxy) is 4. The van der Waals surface area contributed by atoms with Crippen LogP contribution < -0.4 is 14.8 Å². The van der Waals surface area contributed by atoms with Gasteiger partial charge in [0.2, 0.25) is 6.10 Å². The molecule has 0 aromatic heterocycles. The number of amides is 1. The van der Waals surface area contributed by atoms with E-state index in [-0.39, 0.29) is 6.42 Å². The molecule has 1 rings (SSSR count). The van der Waals surface area contributed by atoms with Crippen LogP contribution in [-0.4, -0.2) is 55.6 Å². The summed E-state index contributed by atoms with van der Waals surface area (Å²) in [5, 5.41) is 11.8. The summed E-state index contributed by atoms with van der Waals surface area (Å²) in [7, 11) is 1.15. The van der Waals surface area contributed by atoms with Crippen molar-refractivity contribution in [2.75, 3.05) is 20.3 Å². The van der Waals surface area contributed by atoms with Gasteiger partial charge < -0.3 is 29.4 Å². The number of carboxylic acids is 1. The summed E-state index contributed by atoms with van der Waals surface area (Å²) in [4.78, 5) is 34.4. The fourth-order valence-electron chi connectivity index (χ4n) is 2.40. The van der Waals surface area contributed by atoms with Crippen LogP contribution in [0.4, 0.5) is 4.79 Å². The molecule has 2 unspecified atom stereocenters. The lowest BCUT2D eigenvalue weighted by Gasteiger charge is -2.24. The van der Waals surface area contributed by atoms with Crippen molar-refractivity contribution >= 4 is 18.0 Å². The van der Waals surface area contributed by atoms with Crippen LogP contribution in [0, 0.1) is 0 Å². The highest BCUT2D eigenvalue weighted by atomic mass is 16.6. The first-order valence-corrected chi connectivity index (χ1v) is 8.45. The Morgan fingerprint density at radius 1 is 1.11 bits per heavy atom. The average Bonchev–Trinajstić information content (AvgIpc) is 2.61. The molecule has 0 aliphatic rings. The van der Waals surface area contributed by atoms with E-state index in [1.54, 1.807) is 18.2 Å². The van der Waals surface area contributed by atoms with Crippen LogP contribution in [0.25, 0.3) is 0 Å². The van der Waals surface area contributed by atoms with Gasteiger partial charge in [0.25, 0.3) is 0 Å². The lowest BCUT2D eigenvalue weighted by Crippen LogP contribution is -2.50. The number of benzene rings is 1. The number of alkyl carbamates (subject to hydrolysis) is 1. The molecule has 0 fully saturated rings. The fourth-order valence-corrected chi connectivity index (χ4v) is 2.40. The highest BCUT2D eigenvalue weighted by molar-refractivity contribution is 5.79. The summed E-state index contributed by atoms with van der Waals surface area (Å²) in [5.41, 5.74) is 0.654. The Labute approximate surface area is 157 Å². The Bertz CT molecular complexity index is 661. The molecule has 0 aliphatic carbocycles. The number of rotatable bonds is 10. The predicted molar refractivity (Wildman–Crippen MR) is 95.0 cm³/mol. The average molecular weight is 383 g/mol. The van der Waals surface area contributed by atoms with Crippen LogP contribution in [0.2, 0.25) is 0 Å². The smallest absolute Gasteiger partial charge is 0.407 e. The molecule has 0 spiro atoms. The molecule has 0 aliphatic heterocycles. The molecule has 0 heterocycles. The third kappa shape index (κ3) is 7.04. The first-order valence-electron chi connectivity index (χ1n) is 8.45. The largest absolute Gasteiger partial charge is 0.490 e. The zero-order chi connectivity index (χ0) is 20.4. The Balaban J connectivity index is 3.15. The molecule has 9 heteroatoms. The van der Waals surface area contributed by atoms with Crippen molar-refractivity contribution in [2.24, 2.45) is 0 Å². The Hall–Kier alpha value is -2.97. The van der Waals surface area contributed by atoms with E-state index in [0.29, 0.717) is 30.3 Å². The van der Waals surface area contributed by atoms with Crippen LogP contribution in [0.5, 0.6) is 11.5 Å². The van der Waals surface area contributed by atoms with Crippen molar-refractivity contribution in [3.63, 3.8) is 0 Å². The van der Waals surface area contributed by atoms with E-state index in [0.717, 1.165) is 14.0 Å². The third-order valence-electron chi connectivity index (χ3n) is 3.45. The van der Waals surface area contributed by atoms with Gasteiger partial charge in [-0.1, -0.05) is 6.07 Å². The second kappa shape index (κ2) is 10.9. The molecule has 2 atom stereocenters. The maximum atomic E-state index is 11.6. The van der Waals surface area contributed by atoms with Crippen molar-refractivity contribution in [3.05, 3.63) is 23.8 Å². The van der Waals surface area contributed by atoms with Gasteiger partial charge in [-0.05, 0) is 38.0 Å². The van der Waals surface area contributed by atoms with Gasteiger partial charge in [-0.25, -0.2) is 9.59 Å². The van der Waals surface area contributed by atoms with E-state index in [9.17, 15) is 19.5 Å². The normalized spacial score (nSPS) is 12.4. The highest BCUT2D eigenvalue weighted by Gasteiger charge is 2.33. The second-order valence-electron chi connectivity index (χ2n) is 5.46. The molecule has 9 nitrogen and oxygen atoms in total. The minimum absolute atomic E-state index is 0.0613. The molecule has 2 N–H and O–H groups in total. The summed E-state index contributed by atoms with van der Waals surface area (Å²) in [6.07, 6.45) is -2.36. The van der Waals surface area contributed by atoms with Crippen molar-refractivity contribution < 1.29 is 38.4 Å². The Morgan fingerprint density at radius 2 is 1.74 bits per heavy atom. The lowest BCUT2D eigenvalue weighted by atomic mass is 10.0. The van der Waals surface area contributed by atoms with Gasteiger partial charge in [-0.2, -0.15) is 0 Å². The minimum Gasteiger partial charge on any atom is -0.490 e. The molecule has 0 saturated heterocycles. The van der Waals surface area contributed by atoms with Crippen LogP contribution in [0.3, 0.4) is 0 Å². The van der Waals surface area contributed by atoms with Crippen molar-refractivity contribution in [3.8, 4) is 11.5 Å². The monoisotopic (exact) mass is 383 g/mol. The van der Waals surface area contributed by atoms with E-state index >= 15 is 0 Å². The highest BCUT2D eigenvalue weighted by Crippen LogP contribution is 2.29. The van der Waals surface area contributed by atoms with Gasteiger partial charge in [0.1, 0.15) is 0 Å². The van der Waals surface area contributed by atoms with Gasteiger partial charge in [-0.15, -0.1) is 0 Å². The first kappa shape index (κ1) is 22.1. The summed E-state index contributed by atoms with van der Waals surface area (Å²) >= 11 is 0. The van der Waals surface area contributed by atoms with E-state index in [1.165, 1.54) is 0 Å². The number of esters is 1. The number of carboxylic acid groups (broad SMARTS) is 1. The maximum absolute atomic E-state index is 11.6. The zero-order valence-electron chi connectivity index (χ0n) is 15.8. The zero-order valence-corrected chi connectivity index (χ0v) is 15.8. The van der Waals surface area contributed by atoms with E-state index < -0.39 is 30.2 Å². The molecule has 1 aromatic carbocycles. The van der Waals surface area contributed by atoms with Gasteiger partial charge >= 0.3 is 18.0 Å². The molecule has 0 bridgehead atoms. The van der Waals surface area contributed by atoms with Gasteiger partial charge in [0.15, 0.2) is 11.5 Å². The third-order valence-corrected chi connectivity index (χ3v) is 3.45. The molecular formula is C18H25NO8. The topological polar surface area (TPSA) is 120 Å². The summed E-state index contributed by atoms with van der Waals surface area (Å²) in [6.45, 7) is 5.63. The van der Waals surface area contributed by atoms with Crippen LogP contribution in [-0.2, 0) is 25.5 Å². The number of carbonyl (C=O) groups is 3. The number of nitrogens with one attached hydrogen (secondary N) is 1. The van der Waals surface area contributed by atoms with Gasteiger partial charge in [0.05, 0.1) is 26.4 Å². The van der Waals surface area contributed by atoms with Crippen molar-refractivity contribution in [1.29, 1.82) is 0 Å². The summed E-state index contributed by atoms with van der Waals surface area (Å²) in [5.74, 6) is -1.12. The number of methoxy groups -OCH3 is 1. The summed E-state index contributed by atoms with van der Waals surface area (Å²) in [6, 6.07) is 4.05. The summed E-state index contributed by atoms with van der Waals surface area (Å²) < 4.78 is 20.4. The molecule has 0 radical (unpaired) electrons. The van der Waals surface area contributed by atoms with E-state index in [1.807, 2.05) is 13.8 Å². The molecule has 1 aromatic rings. The standard InChI is InChI=1S/C18H25NO8/c1-5-25-14-8-7-12(10-15(14)26-6-2)9-13(19-18(23)24-4)16(17(21)22)27-11(3)20/h7-8,10,13,16H,5-6,9H2,1-4H3,(H,19,23)(H,21,22). The number of aliphatic carboxylic acids is 1. The van der Waals surface area contributed by atoms with Crippen LogP contribution in [0.15, 0.2) is 18.2 Å². The minimum atomic E-state index is -1.58. The predicted octanol–water partition coefficient (Wildman–Crippen LogP) is 1.77. The van der Waals surface area contributed by atoms with Gasteiger partial charge in [-0.3, -0.25) is 4.79 Å². The van der Waals surface area contributed by atoms with Crippen molar-refractivity contribution in [2.45, 2.75) is 39.3 Å². The molecule has 0 saturated carbocycles. The molecule has 150 valence electrons. The number of hydrogen-bond acceptors (Lipinski definition) is 7. The SMILES string of the molecule is CCOc1ccc(CC(NC(=O)OC)C(OC(C)=O)C(=O)O)cc1OCC. The number of hydrogen-bond donors (Lipinski definition) is 2. The quantitative estimate of drug-likeness (QED) is 0.587. The lowest BCUT2D eigenvalue weighted by molar-refractivity contribution is -0.164. The molecular weight excluding hydrogens is 358 g/mol. The van der Waals surface area contributed by atoms with Crippen LogP contribution in [0.1, 0.15) is 26.3 Å². The Kier molecular flexibility index (Phi) is 8.91. The number of carbonyl (C=O) groups excluding carboxylic acids is 2. The first-order chi connectivity index (χ1) is 12.8. The van der Waals surface area contributed by atoms with E-state index in [4.69, 9.17) is 14.2 Å². The van der Waals surface area contributed by atoms with Crippen LogP contribution >= 0.6 is 0 Å². The second-order valence-corrected chi connectivity index (χ2v) is 5.46. The fraction of sp³-hybridized carbons (Fsp3) is 0.500.